The van der Waals surface area contributed by atoms with E-state index in [0.29, 0.717) is 67.6 Å². The zero-order valence-electron chi connectivity index (χ0n) is 22.1. The van der Waals surface area contributed by atoms with Gasteiger partial charge in [0.25, 0.3) is 11.6 Å². The van der Waals surface area contributed by atoms with Crippen LogP contribution in [0.15, 0.2) is 59.1 Å². The molecule has 1 fully saturated rings. The third kappa shape index (κ3) is 6.54. The molecule has 3 aromatic rings. The number of hydrogen-bond acceptors (Lipinski definition) is 8. The maximum Gasteiger partial charge on any atom is 0.292 e. The van der Waals surface area contributed by atoms with E-state index in [9.17, 15) is 14.9 Å². The second-order valence-corrected chi connectivity index (χ2v) is 9.81. The molecule has 39 heavy (non-hydrogen) atoms. The SMILES string of the molecule is COc1ccc(C(=O)N2CCN(c3ccc([N+](=O)[O-])c(NCCc4ccc(OC)c(OC)c4)c3)CC2)cc1Br. The normalized spacial score (nSPS) is 13.1. The first-order valence-electron chi connectivity index (χ1n) is 12.5. The Morgan fingerprint density at radius 2 is 1.62 bits per heavy atom. The van der Waals surface area contributed by atoms with Crippen molar-refractivity contribution in [1.29, 1.82) is 0 Å². The largest absolute Gasteiger partial charge is 0.496 e. The van der Waals surface area contributed by atoms with Crippen LogP contribution in [0.3, 0.4) is 0 Å². The van der Waals surface area contributed by atoms with Crippen LogP contribution >= 0.6 is 15.9 Å². The minimum atomic E-state index is -0.383. The molecule has 0 atom stereocenters. The number of methoxy groups -OCH3 is 3. The van der Waals surface area contributed by atoms with Crippen LogP contribution in [0.25, 0.3) is 0 Å². The Kier molecular flexibility index (Phi) is 9.13. The summed E-state index contributed by atoms with van der Waals surface area (Å²) >= 11 is 3.44. The van der Waals surface area contributed by atoms with Crippen LogP contribution in [-0.4, -0.2) is 69.8 Å². The van der Waals surface area contributed by atoms with Gasteiger partial charge in [-0.1, -0.05) is 6.07 Å². The second-order valence-electron chi connectivity index (χ2n) is 8.95. The number of nitrogens with zero attached hydrogens (tertiary/aromatic N) is 3. The molecule has 0 aromatic heterocycles. The van der Waals surface area contributed by atoms with Crippen LogP contribution in [-0.2, 0) is 6.42 Å². The van der Waals surface area contributed by atoms with Gasteiger partial charge in [-0.15, -0.1) is 0 Å². The number of piperazine rings is 1. The highest BCUT2D eigenvalue weighted by molar-refractivity contribution is 9.10. The molecule has 1 aliphatic rings. The maximum absolute atomic E-state index is 13.0. The number of nitro benzene ring substituents is 1. The number of nitro groups is 1. The average Bonchev–Trinajstić information content (AvgIpc) is 2.96. The third-order valence-corrected chi connectivity index (χ3v) is 7.30. The van der Waals surface area contributed by atoms with E-state index >= 15 is 0 Å². The molecule has 4 rings (SSSR count). The number of halogens is 1. The number of amides is 1. The highest BCUT2D eigenvalue weighted by Gasteiger charge is 2.24. The van der Waals surface area contributed by atoms with Crippen LogP contribution in [0, 0.1) is 10.1 Å². The molecule has 1 aliphatic heterocycles. The Morgan fingerprint density at radius 1 is 0.923 bits per heavy atom. The third-order valence-electron chi connectivity index (χ3n) is 6.68. The van der Waals surface area contributed by atoms with E-state index in [1.54, 1.807) is 45.6 Å². The zero-order valence-corrected chi connectivity index (χ0v) is 23.7. The van der Waals surface area contributed by atoms with Crippen molar-refractivity contribution in [3.8, 4) is 17.2 Å². The van der Waals surface area contributed by atoms with Crippen LogP contribution in [0.1, 0.15) is 15.9 Å². The quantitative estimate of drug-likeness (QED) is 0.257. The van der Waals surface area contributed by atoms with Gasteiger partial charge in [0.2, 0.25) is 0 Å². The number of benzene rings is 3. The summed E-state index contributed by atoms with van der Waals surface area (Å²) in [6.45, 7) is 2.82. The predicted molar refractivity (Wildman–Crippen MR) is 154 cm³/mol. The summed E-state index contributed by atoms with van der Waals surface area (Å²) in [6.07, 6.45) is 0.643. The number of carbonyl (C=O) groups is 1. The van der Waals surface area contributed by atoms with Gasteiger partial charge in [0.1, 0.15) is 11.4 Å². The van der Waals surface area contributed by atoms with E-state index in [1.807, 2.05) is 29.2 Å². The minimum absolute atomic E-state index is 0.0185. The molecule has 1 N–H and O–H groups in total. The number of hydrogen-bond donors (Lipinski definition) is 1. The molecule has 10 nitrogen and oxygen atoms in total. The Morgan fingerprint density at radius 3 is 2.26 bits per heavy atom. The Hall–Kier alpha value is -3.99. The fourth-order valence-corrected chi connectivity index (χ4v) is 5.09. The molecule has 1 saturated heterocycles. The highest BCUT2D eigenvalue weighted by atomic mass is 79.9. The van der Waals surface area contributed by atoms with Gasteiger partial charge in [0.15, 0.2) is 11.5 Å². The van der Waals surface area contributed by atoms with Gasteiger partial charge in [-0.05, 0) is 70.4 Å². The molecule has 11 heteroatoms. The summed E-state index contributed by atoms with van der Waals surface area (Å²) in [6, 6.07) is 16.1. The van der Waals surface area contributed by atoms with Crippen molar-refractivity contribution in [2.45, 2.75) is 6.42 Å². The number of anilines is 2. The first kappa shape index (κ1) is 28.0. The van der Waals surface area contributed by atoms with E-state index in [1.165, 1.54) is 6.07 Å². The van der Waals surface area contributed by atoms with Crippen molar-refractivity contribution in [3.63, 3.8) is 0 Å². The van der Waals surface area contributed by atoms with Crippen molar-refractivity contribution in [2.75, 3.05) is 64.3 Å². The smallest absolute Gasteiger partial charge is 0.292 e. The Balaban J connectivity index is 1.40. The topological polar surface area (TPSA) is 106 Å². The van der Waals surface area contributed by atoms with Gasteiger partial charge in [0.05, 0.1) is 30.7 Å². The van der Waals surface area contributed by atoms with Crippen LogP contribution in [0.5, 0.6) is 17.2 Å². The molecule has 0 bridgehead atoms. The summed E-state index contributed by atoms with van der Waals surface area (Å²) < 4.78 is 16.6. The van der Waals surface area contributed by atoms with Crippen molar-refractivity contribution in [3.05, 3.63) is 80.3 Å². The Labute approximate surface area is 235 Å². The summed E-state index contributed by atoms with van der Waals surface area (Å²) in [5.74, 6) is 1.92. The molecule has 0 saturated carbocycles. The van der Waals surface area contributed by atoms with E-state index < -0.39 is 0 Å². The summed E-state index contributed by atoms with van der Waals surface area (Å²) in [5.41, 5.74) is 2.95. The van der Waals surface area contributed by atoms with Crippen LogP contribution in [0.2, 0.25) is 0 Å². The monoisotopic (exact) mass is 598 g/mol. The molecule has 3 aromatic carbocycles. The van der Waals surface area contributed by atoms with E-state index in [0.717, 1.165) is 15.7 Å². The van der Waals surface area contributed by atoms with Crippen LogP contribution < -0.4 is 24.4 Å². The van der Waals surface area contributed by atoms with E-state index in [2.05, 4.69) is 26.1 Å². The Bertz CT molecular complexity index is 1340. The van der Waals surface area contributed by atoms with Gasteiger partial charge in [-0.25, -0.2) is 0 Å². The molecule has 0 spiro atoms. The van der Waals surface area contributed by atoms with Gasteiger partial charge >= 0.3 is 0 Å². The van der Waals surface area contributed by atoms with Crippen molar-refractivity contribution in [2.24, 2.45) is 0 Å². The molecule has 1 amide bonds. The van der Waals surface area contributed by atoms with Gasteiger partial charge in [0, 0.05) is 50.0 Å². The molecular weight excluding hydrogens is 568 g/mol. The maximum atomic E-state index is 13.0. The van der Waals surface area contributed by atoms with Crippen molar-refractivity contribution >= 4 is 38.9 Å². The number of ether oxygens (including phenoxy) is 3. The molecule has 0 unspecified atom stereocenters. The molecule has 206 valence electrons. The lowest BCUT2D eigenvalue weighted by molar-refractivity contribution is -0.383. The van der Waals surface area contributed by atoms with E-state index in [4.69, 9.17) is 14.2 Å². The van der Waals surface area contributed by atoms with E-state index in [-0.39, 0.29) is 16.5 Å². The fourth-order valence-electron chi connectivity index (χ4n) is 4.55. The number of carbonyl (C=O) groups excluding carboxylic acids is 1. The fraction of sp³-hybridized carbons (Fsp3) is 0.321. The highest BCUT2D eigenvalue weighted by Crippen LogP contribution is 2.32. The van der Waals surface area contributed by atoms with Crippen molar-refractivity contribution < 1.29 is 23.9 Å². The van der Waals surface area contributed by atoms with Crippen molar-refractivity contribution in [1.82, 2.24) is 4.90 Å². The summed E-state index contributed by atoms with van der Waals surface area (Å²) in [5, 5.41) is 14.9. The number of rotatable bonds is 10. The average molecular weight is 599 g/mol. The number of nitrogens with one attached hydrogen (secondary N) is 1. The van der Waals surface area contributed by atoms with Crippen LogP contribution in [0.4, 0.5) is 17.1 Å². The molecule has 0 radical (unpaired) electrons. The molecule has 0 aliphatic carbocycles. The minimum Gasteiger partial charge on any atom is -0.496 e. The van der Waals surface area contributed by atoms with Gasteiger partial charge in [-0.3, -0.25) is 14.9 Å². The lowest BCUT2D eigenvalue weighted by atomic mass is 10.1. The molecule has 1 heterocycles. The van der Waals surface area contributed by atoms with Gasteiger partial charge in [-0.2, -0.15) is 0 Å². The predicted octanol–water partition coefficient (Wildman–Crippen LogP) is 5.00. The first-order valence-corrected chi connectivity index (χ1v) is 13.2. The molecular formula is C28H31BrN4O6. The first-order chi connectivity index (χ1) is 18.8. The zero-order chi connectivity index (χ0) is 27.9. The second kappa shape index (κ2) is 12.7. The standard InChI is InChI=1S/C28H31BrN4O6/c1-37-25-9-5-20(17-22(25)29)28(34)32-14-12-31(13-15-32)21-6-7-24(33(35)36)23(18-21)30-11-10-19-4-8-26(38-2)27(16-19)39-3/h4-9,16-18,30H,10-15H2,1-3H3. The lowest BCUT2D eigenvalue weighted by Gasteiger charge is -2.36. The van der Waals surface area contributed by atoms with Gasteiger partial charge < -0.3 is 29.3 Å². The summed E-state index contributed by atoms with van der Waals surface area (Å²) in [7, 11) is 4.75. The lowest BCUT2D eigenvalue weighted by Crippen LogP contribution is -2.48. The summed E-state index contributed by atoms with van der Waals surface area (Å²) in [4.78, 5) is 28.3.